The fraction of sp³-hybridized carbons (Fsp3) is 0.143. The van der Waals surface area contributed by atoms with Crippen LogP contribution in [0.1, 0.15) is 29.2 Å². The van der Waals surface area contributed by atoms with Crippen molar-refractivity contribution in [1.82, 2.24) is 0 Å². The van der Waals surface area contributed by atoms with Gasteiger partial charge >= 0.3 is 0 Å². The van der Waals surface area contributed by atoms with Crippen LogP contribution in [0.15, 0.2) is 72.8 Å². The Morgan fingerprint density at radius 3 is 1.87 bits per heavy atom. The largest absolute Gasteiger partial charge is 0.508 e. The van der Waals surface area contributed by atoms with Crippen molar-refractivity contribution >= 4 is 0 Å². The summed E-state index contributed by atoms with van der Waals surface area (Å²) < 4.78 is 0. The van der Waals surface area contributed by atoms with Gasteiger partial charge in [-0.05, 0) is 54.3 Å². The third-order valence-corrected chi connectivity index (χ3v) is 4.58. The highest BCUT2D eigenvalue weighted by molar-refractivity contribution is 5.52. The molecule has 3 rings (SSSR count). The lowest BCUT2D eigenvalue weighted by molar-refractivity contribution is 0.468. The normalized spacial score (nSPS) is 13.5. The molecule has 3 aromatic carbocycles. The molecule has 0 fully saturated rings. The van der Waals surface area contributed by atoms with Gasteiger partial charge in [0.25, 0.3) is 0 Å². The molecule has 0 saturated heterocycles. The summed E-state index contributed by atoms with van der Waals surface area (Å²) in [4.78, 5) is 0. The van der Waals surface area contributed by atoms with Crippen LogP contribution in [0.3, 0.4) is 0 Å². The minimum atomic E-state index is -0.417. The van der Waals surface area contributed by atoms with Gasteiger partial charge in [0.2, 0.25) is 0 Å². The number of benzene rings is 3. The van der Waals surface area contributed by atoms with Crippen LogP contribution in [0.5, 0.6) is 11.5 Å². The van der Waals surface area contributed by atoms with Gasteiger partial charge in [-0.3, -0.25) is 0 Å². The molecule has 0 aromatic heterocycles. The molecule has 0 aliphatic carbocycles. The van der Waals surface area contributed by atoms with Crippen molar-refractivity contribution in [3.63, 3.8) is 0 Å². The van der Waals surface area contributed by atoms with E-state index in [9.17, 15) is 10.2 Å². The molecule has 0 bridgehead atoms. The van der Waals surface area contributed by atoms with Crippen molar-refractivity contribution in [2.75, 3.05) is 0 Å². The molecular formula is C21H20O2. The molecule has 0 amide bonds. The molecule has 0 aliphatic rings. The van der Waals surface area contributed by atoms with Gasteiger partial charge in [0.15, 0.2) is 0 Å². The summed E-state index contributed by atoms with van der Waals surface area (Å²) in [5.74, 6) is 0.541. The summed E-state index contributed by atoms with van der Waals surface area (Å²) in [6, 6.07) is 23.3. The third kappa shape index (κ3) is 2.68. The molecule has 2 nitrogen and oxygen atoms in total. The van der Waals surface area contributed by atoms with Crippen LogP contribution in [-0.4, -0.2) is 10.2 Å². The number of hydrogen-bond donors (Lipinski definition) is 2. The molecule has 1 atom stereocenters. The van der Waals surface area contributed by atoms with E-state index in [0.717, 1.165) is 22.3 Å². The van der Waals surface area contributed by atoms with Crippen molar-refractivity contribution in [2.24, 2.45) is 0 Å². The standard InChI is InChI=1S/C21H20O2/c1-15-8-9-18(14-20(15)23)21(2,16-6-4-3-5-7-16)17-10-12-19(22)13-11-17/h3-14,22-23H,1-2H3. The molecule has 116 valence electrons. The number of aromatic hydroxyl groups is 2. The van der Waals surface area contributed by atoms with Crippen molar-refractivity contribution in [3.8, 4) is 11.5 Å². The first-order chi connectivity index (χ1) is 11.0. The van der Waals surface area contributed by atoms with Crippen molar-refractivity contribution in [2.45, 2.75) is 19.3 Å². The van der Waals surface area contributed by atoms with Crippen LogP contribution in [0.2, 0.25) is 0 Å². The van der Waals surface area contributed by atoms with Crippen LogP contribution in [0.4, 0.5) is 0 Å². The molecule has 0 saturated carbocycles. The highest BCUT2D eigenvalue weighted by atomic mass is 16.3. The molecule has 2 N–H and O–H groups in total. The van der Waals surface area contributed by atoms with E-state index in [1.807, 2.05) is 49.4 Å². The lowest BCUT2D eigenvalue weighted by atomic mass is 9.71. The van der Waals surface area contributed by atoms with E-state index in [2.05, 4.69) is 25.1 Å². The first-order valence-corrected chi connectivity index (χ1v) is 7.67. The monoisotopic (exact) mass is 304 g/mol. The lowest BCUT2D eigenvalue weighted by Crippen LogP contribution is -2.25. The third-order valence-electron chi connectivity index (χ3n) is 4.58. The Bertz CT molecular complexity index is 807. The van der Waals surface area contributed by atoms with Crippen molar-refractivity contribution < 1.29 is 10.2 Å². The molecule has 0 aliphatic heterocycles. The van der Waals surface area contributed by atoms with Crippen molar-refractivity contribution in [1.29, 1.82) is 0 Å². The number of hydrogen-bond acceptors (Lipinski definition) is 2. The fourth-order valence-electron chi connectivity index (χ4n) is 2.99. The predicted octanol–water partition coefficient (Wildman–Crippen LogP) is 4.76. The molecule has 0 radical (unpaired) electrons. The van der Waals surface area contributed by atoms with Crippen LogP contribution in [0.25, 0.3) is 0 Å². The summed E-state index contributed by atoms with van der Waals surface area (Å²) >= 11 is 0. The Labute approximate surface area is 136 Å². The van der Waals surface area contributed by atoms with Gasteiger partial charge in [0.1, 0.15) is 11.5 Å². The molecule has 3 aromatic rings. The quantitative estimate of drug-likeness (QED) is 0.685. The Kier molecular flexibility index (Phi) is 3.83. The summed E-state index contributed by atoms with van der Waals surface area (Å²) in [5, 5.41) is 19.8. The average Bonchev–Trinajstić information content (AvgIpc) is 2.58. The highest BCUT2D eigenvalue weighted by Crippen LogP contribution is 2.40. The summed E-state index contributed by atoms with van der Waals surface area (Å²) in [5.41, 5.74) is 3.64. The summed E-state index contributed by atoms with van der Waals surface area (Å²) in [6.45, 7) is 4.03. The number of rotatable bonds is 3. The molecule has 23 heavy (non-hydrogen) atoms. The Hall–Kier alpha value is -2.74. The molecule has 1 unspecified atom stereocenters. The zero-order chi connectivity index (χ0) is 16.4. The lowest BCUT2D eigenvalue weighted by Gasteiger charge is -2.32. The first kappa shape index (κ1) is 15.2. The van der Waals surface area contributed by atoms with E-state index in [-0.39, 0.29) is 5.75 Å². The highest BCUT2D eigenvalue weighted by Gasteiger charge is 2.31. The van der Waals surface area contributed by atoms with E-state index in [1.165, 1.54) is 0 Å². The Morgan fingerprint density at radius 1 is 0.696 bits per heavy atom. The minimum Gasteiger partial charge on any atom is -0.508 e. The summed E-state index contributed by atoms with van der Waals surface area (Å²) in [7, 11) is 0. The second-order valence-corrected chi connectivity index (χ2v) is 6.04. The average molecular weight is 304 g/mol. The topological polar surface area (TPSA) is 40.5 Å². The maximum atomic E-state index is 10.2. The van der Waals surface area contributed by atoms with E-state index in [1.54, 1.807) is 12.1 Å². The predicted molar refractivity (Wildman–Crippen MR) is 92.9 cm³/mol. The number of aryl methyl sites for hydroxylation is 1. The molecule has 0 heterocycles. The first-order valence-electron chi connectivity index (χ1n) is 7.67. The number of phenolic OH excluding ortho intramolecular Hbond substituents is 2. The van der Waals surface area contributed by atoms with E-state index >= 15 is 0 Å². The Balaban J connectivity index is 2.25. The van der Waals surface area contributed by atoms with Crippen LogP contribution in [0, 0.1) is 6.92 Å². The van der Waals surface area contributed by atoms with Gasteiger partial charge < -0.3 is 10.2 Å². The van der Waals surface area contributed by atoms with Gasteiger partial charge in [0.05, 0.1) is 0 Å². The van der Waals surface area contributed by atoms with Crippen LogP contribution in [-0.2, 0) is 5.41 Å². The zero-order valence-electron chi connectivity index (χ0n) is 13.3. The zero-order valence-corrected chi connectivity index (χ0v) is 13.3. The van der Waals surface area contributed by atoms with Gasteiger partial charge in [-0.1, -0.05) is 54.6 Å². The van der Waals surface area contributed by atoms with E-state index in [4.69, 9.17) is 0 Å². The van der Waals surface area contributed by atoms with Crippen LogP contribution < -0.4 is 0 Å². The van der Waals surface area contributed by atoms with E-state index < -0.39 is 5.41 Å². The molecule has 2 heteroatoms. The minimum absolute atomic E-state index is 0.246. The second kappa shape index (κ2) is 5.81. The SMILES string of the molecule is Cc1ccc(C(C)(c2ccccc2)c2ccc(O)cc2)cc1O. The number of phenols is 2. The maximum Gasteiger partial charge on any atom is 0.118 e. The van der Waals surface area contributed by atoms with Gasteiger partial charge in [-0.2, -0.15) is 0 Å². The van der Waals surface area contributed by atoms with Gasteiger partial charge in [0, 0.05) is 5.41 Å². The smallest absolute Gasteiger partial charge is 0.118 e. The molecule has 0 spiro atoms. The Morgan fingerprint density at radius 2 is 1.26 bits per heavy atom. The van der Waals surface area contributed by atoms with Gasteiger partial charge in [-0.15, -0.1) is 0 Å². The maximum absolute atomic E-state index is 10.2. The second-order valence-electron chi connectivity index (χ2n) is 6.04. The van der Waals surface area contributed by atoms with Crippen LogP contribution >= 0.6 is 0 Å². The van der Waals surface area contributed by atoms with Crippen molar-refractivity contribution in [3.05, 3.63) is 95.1 Å². The molecular weight excluding hydrogens is 284 g/mol. The fourth-order valence-corrected chi connectivity index (χ4v) is 2.99. The van der Waals surface area contributed by atoms with Gasteiger partial charge in [-0.25, -0.2) is 0 Å². The summed E-state index contributed by atoms with van der Waals surface area (Å²) in [6.07, 6.45) is 0. The van der Waals surface area contributed by atoms with E-state index in [0.29, 0.717) is 5.75 Å².